The van der Waals surface area contributed by atoms with E-state index in [-0.39, 0.29) is 41.1 Å². The predicted octanol–water partition coefficient (Wildman–Crippen LogP) is 3.93. The summed E-state index contributed by atoms with van der Waals surface area (Å²) in [6, 6.07) is 12.9. The topological polar surface area (TPSA) is 115 Å². The Hall–Kier alpha value is -4.34. The number of benzene rings is 2. The Morgan fingerprint density at radius 2 is 1.78 bits per heavy atom. The smallest absolute Gasteiger partial charge is 0.292 e. The van der Waals surface area contributed by atoms with Gasteiger partial charge in [0.05, 0.1) is 25.0 Å². The van der Waals surface area contributed by atoms with Gasteiger partial charge in [-0.3, -0.25) is 14.9 Å². The van der Waals surface area contributed by atoms with Crippen molar-refractivity contribution >= 4 is 23.5 Å². The maximum absolute atomic E-state index is 15.2. The van der Waals surface area contributed by atoms with E-state index in [2.05, 4.69) is 25.6 Å². The Kier molecular flexibility index (Phi) is 6.96. The number of amides is 2. The highest BCUT2D eigenvalue weighted by Gasteiger charge is 2.43. The quantitative estimate of drug-likeness (QED) is 0.559. The number of aromatic nitrogens is 2. The molecule has 2 aromatic carbocycles. The van der Waals surface area contributed by atoms with E-state index in [0.29, 0.717) is 11.3 Å². The minimum absolute atomic E-state index is 0.000649. The Bertz CT molecular complexity index is 1300. The second kappa shape index (κ2) is 10.1. The van der Waals surface area contributed by atoms with Crippen LogP contribution in [0, 0.1) is 11.7 Å². The number of hydrogen-bond acceptors (Lipinski definition) is 7. The minimum Gasteiger partial charge on any atom is -0.480 e. The second-order valence-electron chi connectivity index (χ2n) is 8.59. The lowest BCUT2D eigenvalue weighted by atomic mass is 9.77. The van der Waals surface area contributed by atoms with Crippen molar-refractivity contribution in [1.29, 1.82) is 0 Å². The summed E-state index contributed by atoms with van der Waals surface area (Å²) in [5, 5.41) is 5.39. The molecule has 0 bridgehead atoms. The average Bonchev–Trinajstić information content (AvgIpc) is 2.88. The third-order valence-electron chi connectivity index (χ3n) is 6.32. The van der Waals surface area contributed by atoms with Gasteiger partial charge >= 0.3 is 0 Å². The Balaban J connectivity index is 1.62. The number of hydrogen-bond donors (Lipinski definition) is 2. The molecule has 3 atom stereocenters. The van der Waals surface area contributed by atoms with E-state index in [4.69, 9.17) is 9.47 Å². The highest BCUT2D eigenvalue weighted by Crippen LogP contribution is 2.41. The summed E-state index contributed by atoms with van der Waals surface area (Å²) in [7, 11) is 1.45. The van der Waals surface area contributed by atoms with Crippen LogP contribution in [0.1, 0.15) is 47.2 Å². The number of anilines is 1. The summed E-state index contributed by atoms with van der Waals surface area (Å²) in [6.45, 7) is 5.49. The molecule has 1 aromatic heterocycles. The summed E-state index contributed by atoms with van der Waals surface area (Å²) in [5.41, 5.74) is 0.0166. The van der Waals surface area contributed by atoms with E-state index in [1.807, 2.05) is 19.9 Å². The SMILES string of the molecule is COc1cnc(C(=O)Nc2ccc(F)c([C@]3(C)N=C(NC(=O)c4ccccc4)OC(C)[C@H]3C)c2)cn1. The van der Waals surface area contributed by atoms with E-state index in [9.17, 15) is 9.59 Å². The standard InChI is InChI=1S/C26H26FN5O4/c1-15-16(2)36-25(31-23(33)17-8-6-5-7-9-17)32-26(15,3)19-12-18(10-11-20(19)27)30-24(34)21-13-29-22(35-4)14-28-21/h5-16H,1-4H3,(H,30,34)(H,31,32,33)/t15-,16?,26-/m1/s1. The molecule has 2 amide bonds. The molecular weight excluding hydrogens is 465 g/mol. The van der Waals surface area contributed by atoms with Crippen LogP contribution in [0.25, 0.3) is 0 Å². The van der Waals surface area contributed by atoms with Crippen LogP contribution in [0.2, 0.25) is 0 Å². The van der Waals surface area contributed by atoms with E-state index in [0.717, 1.165) is 0 Å². The first-order valence-electron chi connectivity index (χ1n) is 11.3. The fourth-order valence-corrected chi connectivity index (χ4v) is 3.92. The number of methoxy groups -OCH3 is 1. The van der Waals surface area contributed by atoms with Crippen LogP contribution in [-0.2, 0) is 10.3 Å². The van der Waals surface area contributed by atoms with Crippen LogP contribution in [0.5, 0.6) is 5.88 Å². The molecule has 0 saturated heterocycles. The first-order valence-corrected chi connectivity index (χ1v) is 11.3. The van der Waals surface area contributed by atoms with Crippen molar-refractivity contribution in [2.24, 2.45) is 10.9 Å². The van der Waals surface area contributed by atoms with E-state index >= 15 is 4.39 Å². The number of carbonyl (C=O) groups is 2. The molecule has 10 heteroatoms. The molecule has 3 aromatic rings. The van der Waals surface area contributed by atoms with Crippen molar-refractivity contribution in [3.63, 3.8) is 0 Å². The second-order valence-corrected chi connectivity index (χ2v) is 8.59. The first kappa shape index (κ1) is 24.8. The Labute approximate surface area is 207 Å². The van der Waals surface area contributed by atoms with Gasteiger partial charge in [0, 0.05) is 22.7 Å². The number of rotatable bonds is 5. The molecule has 186 valence electrons. The predicted molar refractivity (Wildman–Crippen MR) is 131 cm³/mol. The molecular formula is C26H26FN5O4. The van der Waals surface area contributed by atoms with Gasteiger partial charge in [-0.25, -0.2) is 19.4 Å². The summed E-state index contributed by atoms with van der Waals surface area (Å²) >= 11 is 0. The summed E-state index contributed by atoms with van der Waals surface area (Å²) in [5.74, 6) is -1.39. The molecule has 1 unspecified atom stereocenters. The maximum atomic E-state index is 15.2. The number of carbonyl (C=O) groups excluding carboxylic acids is 2. The van der Waals surface area contributed by atoms with Crippen molar-refractivity contribution < 1.29 is 23.5 Å². The van der Waals surface area contributed by atoms with Gasteiger partial charge in [-0.05, 0) is 44.2 Å². The van der Waals surface area contributed by atoms with E-state index in [1.54, 1.807) is 31.2 Å². The van der Waals surface area contributed by atoms with Crippen molar-refractivity contribution in [3.05, 3.63) is 83.6 Å². The molecule has 1 aliphatic rings. The zero-order chi connectivity index (χ0) is 25.9. The number of aliphatic imine (C=N–C) groups is 1. The van der Waals surface area contributed by atoms with E-state index in [1.165, 1.54) is 37.7 Å². The monoisotopic (exact) mass is 491 g/mol. The minimum atomic E-state index is -1.10. The third kappa shape index (κ3) is 5.02. The summed E-state index contributed by atoms with van der Waals surface area (Å²) < 4.78 is 25.9. The van der Waals surface area contributed by atoms with Gasteiger partial charge in [0.15, 0.2) is 0 Å². The fraction of sp³-hybridized carbons (Fsp3) is 0.269. The average molecular weight is 492 g/mol. The van der Waals surface area contributed by atoms with Gasteiger partial charge in [-0.15, -0.1) is 0 Å². The third-order valence-corrected chi connectivity index (χ3v) is 6.32. The molecule has 0 spiro atoms. The first-order chi connectivity index (χ1) is 17.2. The maximum Gasteiger partial charge on any atom is 0.292 e. The molecule has 2 heterocycles. The van der Waals surface area contributed by atoms with Gasteiger partial charge < -0.3 is 14.8 Å². The number of nitrogens with zero attached hydrogens (tertiary/aromatic N) is 3. The highest BCUT2D eigenvalue weighted by atomic mass is 19.1. The van der Waals surface area contributed by atoms with E-state index < -0.39 is 17.3 Å². The molecule has 2 N–H and O–H groups in total. The van der Waals surface area contributed by atoms with Crippen LogP contribution >= 0.6 is 0 Å². The Morgan fingerprint density at radius 1 is 1.03 bits per heavy atom. The Morgan fingerprint density at radius 3 is 2.44 bits per heavy atom. The van der Waals surface area contributed by atoms with Crippen LogP contribution in [-0.4, -0.2) is 41.0 Å². The molecule has 9 nitrogen and oxygen atoms in total. The van der Waals surface area contributed by atoms with Gasteiger partial charge in [-0.2, -0.15) is 0 Å². The largest absolute Gasteiger partial charge is 0.480 e. The molecule has 0 fully saturated rings. The van der Waals surface area contributed by atoms with Gasteiger partial charge in [0.2, 0.25) is 5.88 Å². The van der Waals surface area contributed by atoms with Crippen LogP contribution in [0.4, 0.5) is 10.1 Å². The summed E-state index contributed by atoms with van der Waals surface area (Å²) in [4.78, 5) is 37.9. The van der Waals surface area contributed by atoms with Crippen molar-refractivity contribution in [3.8, 4) is 5.88 Å². The van der Waals surface area contributed by atoms with Crippen molar-refractivity contribution in [2.75, 3.05) is 12.4 Å². The number of nitrogens with one attached hydrogen (secondary N) is 2. The molecule has 0 saturated carbocycles. The van der Waals surface area contributed by atoms with Crippen LogP contribution < -0.4 is 15.4 Å². The van der Waals surface area contributed by atoms with Crippen LogP contribution in [0.3, 0.4) is 0 Å². The molecule has 4 rings (SSSR count). The van der Waals surface area contributed by atoms with Gasteiger partial charge in [0.25, 0.3) is 17.8 Å². The summed E-state index contributed by atoms with van der Waals surface area (Å²) in [6.07, 6.45) is 2.23. The fourth-order valence-electron chi connectivity index (χ4n) is 3.92. The normalized spacial score (nSPS) is 21.1. The van der Waals surface area contributed by atoms with Crippen LogP contribution in [0.15, 0.2) is 65.9 Å². The van der Waals surface area contributed by atoms with Crippen molar-refractivity contribution in [1.82, 2.24) is 15.3 Å². The number of halogens is 1. The lowest BCUT2D eigenvalue weighted by Gasteiger charge is -2.40. The van der Waals surface area contributed by atoms with Gasteiger partial charge in [-0.1, -0.05) is 25.1 Å². The molecule has 1 aliphatic heterocycles. The number of ether oxygens (including phenoxy) is 2. The van der Waals surface area contributed by atoms with Crippen molar-refractivity contribution in [2.45, 2.75) is 32.4 Å². The van der Waals surface area contributed by atoms with Gasteiger partial charge in [0.1, 0.15) is 17.6 Å². The lowest BCUT2D eigenvalue weighted by molar-refractivity contribution is 0.0636. The zero-order valence-corrected chi connectivity index (χ0v) is 20.3. The molecule has 0 radical (unpaired) electrons. The lowest BCUT2D eigenvalue weighted by Crippen LogP contribution is -2.48. The molecule has 36 heavy (non-hydrogen) atoms. The highest BCUT2D eigenvalue weighted by molar-refractivity contribution is 6.04. The molecule has 0 aliphatic carbocycles. The number of amidine groups is 1. The zero-order valence-electron chi connectivity index (χ0n) is 20.3.